The Balaban J connectivity index is 2.53. The molecule has 0 aromatic heterocycles. The molecule has 0 fully saturated rings. The molecule has 0 bridgehead atoms. The van der Waals surface area contributed by atoms with Crippen LogP contribution in [0.15, 0.2) is 29.2 Å². The smallest absolute Gasteiger partial charge is 0.252 e. The summed E-state index contributed by atoms with van der Waals surface area (Å²) >= 11 is 0. The summed E-state index contributed by atoms with van der Waals surface area (Å²) < 4.78 is 11.8. The number of benzene rings is 1. The van der Waals surface area contributed by atoms with E-state index in [1.54, 1.807) is 24.3 Å². The molecule has 3 nitrogen and oxygen atoms in total. The second-order valence-electron chi connectivity index (χ2n) is 3.38. The molecule has 1 amide bonds. The van der Waals surface area contributed by atoms with Gasteiger partial charge in [-0.25, -0.2) is 0 Å². The average Bonchev–Trinajstić information content (AvgIpc) is 2.26. The molecule has 1 aromatic carbocycles. The minimum atomic E-state index is -1.07. The molecule has 0 spiro atoms. The lowest BCUT2D eigenvalue weighted by Gasteiger charge is -2.06. The van der Waals surface area contributed by atoms with Crippen LogP contribution in [0, 0.1) is 0 Å². The lowest BCUT2D eigenvalue weighted by atomic mass is 10.2. The largest absolute Gasteiger partial charge is 0.349 e. The molecule has 14 heavy (non-hydrogen) atoms. The van der Waals surface area contributed by atoms with Gasteiger partial charge in [-0.05, 0) is 19.1 Å². The van der Waals surface area contributed by atoms with Gasteiger partial charge in [0.15, 0.2) is 0 Å². The zero-order valence-corrected chi connectivity index (χ0v) is 8.64. The number of nitrogens with one attached hydrogen (secondary N) is 1. The van der Waals surface area contributed by atoms with E-state index in [0.717, 1.165) is 0 Å². The third kappa shape index (κ3) is 1.57. The van der Waals surface area contributed by atoms with Gasteiger partial charge >= 0.3 is 0 Å². The van der Waals surface area contributed by atoms with Gasteiger partial charge in [-0.3, -0.25) is 9.00 Å². The van der Waals surface area contributed by atoms with Gasteiger partial charge in [-0.2, -0.15) is 0 Å². The van der Waals surface area contributed by atoms with E-state index in [-0.39, 0.29) is 11.9 Å². The first kappa shape index (κ1) is 9.40. The number of rotatable bonds is 0. The summed E-state index contributed by atoms with van der Waals surface area (Å²) in [6, 6.07) is 7.02. The van der Waals surface area contributed by atoms with Gasteiger partial charge in [0.1, 0.15) is 0 Å². The maximum atomic E-state index is 11.8. The van der Waals surface area contributed by atoms with Gasteiger partial charge < -0.3 is 5.32 Å². The standard InChI is InChI=1S/C10H11NO2S/c1-7-6-14(13)9-5-3-2-4-8(9)10(12)11-7/h2-5,7H,6H2,1H3,(H,11,12). The first-order valence-corrected chi connectivity index (χ1v) is 5.78. The summed E-state index contributed by atoms with van der Waals surface area (Å²) in [4.78, 5) is 12.3. The molecule has 2 unspecified atom stereocenters. The van der Waals surface area contributed by atoms with Gasteiger partial charge in [-0.15, -0.1) is 0 Å². The van der Waals surface area contributed by atoms with Crippen molar-refractivity contribution in [1.29, 1.82) is 0 Å². The fourth-order valence-corrected chi connectivity index (χ4v) is 2.87. The predicted molar refractivity (Wildman–Crippen MR) is 54.6 cm³/mol. The van der Waals surface area contributed by atoms with E-state index in [1.165, 1.54) is 0 Å². The molecular weight excluding hydrogens is 198 g/mol. The van der Waals surface area contributed by atoms with Crippen LogP contribution < -0.4 is 5.32 Å². The van der Waals surface area contributed by atoms with Gasteiger partial charge in [0.05, 0.1) is 21.3 Å². The summed E-state index contributed by atoms with van der Waals surface area (Å²) in [5, 5.41) is 2.80. The maximum absolute atomic E-state index is 11.8. The van der Waals surface area contributed by atoms with Crippen molar-refractivity contribution >= 4 is 16.7 Å². The number of hydrogen-bond acceptors (Lipinski definition) is 2. The quantitative estimate of drug-likeness (QED) is 0.690. The fourth-order valence-electron chi connectivity index (χ4n) is 1.51. The second-order valence-corrected chi connectivity index (χ2v) is 4.85. The van der Waals surface area contributed by atoms with Gasteiger partial charge in [0.25, 0.3) is 5.91 Å². The Morgan fingerprint density at radius 1 is 1.43 bits per heavy atom. The molecule has 1 aromatic rings. The summed E-state index contributed by atoms with van der Waals surface area (Å²) in [6.45, 7) is 1.86. The Labute approximate surface area is 85.0 Å². The topological polar surface area (TPSA) is 46.2 Å². The van der Waals surface area contributed by atoms with E-state index in [2.05, 4.69) is 5.32 Å². The van der Waals surface area contributed by atoms with Crippen molar-refractivity contribution in [3.63, 3.8) is 0 Å². The van der Waals surface area contributed by atoms with Crippen LogP contribution in [0.5, 0.6) is 0 Å². The van der Waals surface area contributed by atoms with Gasteiger partial charge in [0.2, 0.25) is 0 Å². The lowest BCUT2D eigenvalue weighted by molar-refractivity contribution is 0.0942. The average molecular weight is 209 g/mol. The summed E-state index contributed by atoms with van der Waals surface area (Å²) in [6.07, 6.45) is 0. The molecule has 1 heterocycles. The number of fused-ring (bicyclic) bond motifs is 1. The van der Waals surface area contributed by atoms with E-state index in [4.69, 9.17) is 0 Å². The minimum Gasteiger partial charge on any atom is -0.349 e. The molecule has 4 heteroatoms. The molecule has 74 valence electrons. The van der Waals surface area contributed by atoms with Crippen molar-refractivity contribution in [3.05, 3.63) is 29.8 Å². The van der Waals surface area contributed by atoms with Crippen LogP contribution in [0.1, 0.15) is 17.3 Å². The second kappa shape index (κ2) is 3.53. The van der Waals surface area contributed by atoms with Crippen LogP contribution >= 0.6 is 0 Å². The van der Waals surface area contributed by atoms with Crippen LogP contribution in [0.2, 0.25) is 0 Å². The third-order valence-electron chi connectivity index (χ3n) is 2.16. The fraction of sp³-hybridized carbons (Fsp3) is 0.300. The number of carbonyl (C=O) groups is 1. The molecular formula is C10H11NO2S. The van der Waals surface area contributed by atoms with Crippen molar-refractivity contribution in [1.82, 2.24) is 5.32 Å². The summed E-state index contributed by atoms with van der Waals surface area (Å²) in [5.41, 5.74) is 0.537. The van der Waals surface area contributed by atoms with Crippen molar-refractivity contribution in [2.75, 3.05) is 5.75 Å². The maximum Gasteiger partial charge on any atom is 0.252 e. The zero-order valence-electron chi connectivity index (χ0n) is 7.82. The molecule has 0 saturated heterocycles. The Morgan fingerprint density at radius 3 is 2.93 bits per heavy atom. The number of amides is 1. The highest BCUT2D eigenvalue weighted by Gasteiger charge is 2.22. The molecule has 2 rings (SSSR count). The zero-order chi connectivity index (χ0) is 10.1. The molecule has 0 aliphatic carbocycles. The van der Waals surface area contributed by atoms with Crippen LogP contribution in [-0.2, 0) is 10.8 Å². The molecule has 0 radical (unpaired) electrons. The highest BCUT2D eigenvalue weighted by atomic mass is 32.2. The van der Waals surface area contributed by atoms with Gasteiger partial charge in [0, 0.05) is 11.8 Å². The number of carbonyl (C=O) groups excluding carboxylic acids is 1. The normalized spacial score (nSPS) is 26.2. The Bertz CT molecular complexity index is 366. The SMILES string of the molecule is CC1CS(=O)c2ccccc2C(=O)N1. The molecule has 1 aliphatic rings. The minimum absolute atomic E-state index is 0.0317. The summed E-state index contributed by atoms with van der Waals surface area (Å²) in [7, 11) is -1.07. The van der Waals surface area contributed by atoms with E-state index in [0.29, 0.717) is 16.2 Å². The lowest BCUT2D eigenvalue weighted by Crippen LogP contribution is -2.33. The number of hydrogen-bond donors (Lipinski definition) is 1. The summed E-state index contributed by atoms with van der Waals surface area (Å²) in [5.74, 6) is 0.363. The molecule has 1 N–H and O–H groups in total. The van der Waals surface area contributed by atoms with Gasteiger partial charge in [-0.1, -0.05) is 12.1 Å². The van der Waals surface area contributed by atoms with Crippen molar-refractivity contribution in [2.45, 2.75) is 17.9 Å². The Kier molecular flexibility index (Phi) is 2.37. The van der Waals surface area contributed by atoms with Crippen LogP contribution in [0.4, 0.5) is 0 Å². The monoisotopic (exact) mass is 209 g/mol. The van der Waals surface area contributed by atoms with E-state index < -0.39 is 10.8 Å². The van der Waals surface area contributed by atoms with Crippen LogP contribution in [0.3, 0.4) is 0 Å². The van der Waals surface area contributed by atoms with Crippen LogP contribution in [-0.4, -0.2) is 21.9 Å². The van der Waals surface area contributed by atoms with E-state index in [1.807, 2.05) is 6.92 Å². The predicted octanol–water partition coefficient (Wildman–Crippen LogP) is 0.926. The third-order valence-corrected chi connectivity index (χ3v) is 3.81. The van der Waals surface area contributed by atoms with Crippen molar-refractivity contribution in [3.8, 4) is 0 Å². The van der Waals surface area contributed by atoms with Crippen molar-refractivity contribution < 1.29 is 9.00 Å². The van der Waals surface area contributed by atoms with Crippen molar-refractivity contribution in [2.24, 2.45) is 0 Å². The molecule has 2 atom stereocenters. The van der Waals surface area contributed by atoms with E-state index in [9.17, 15) is 9.00 Å². The van der Waals surface area contributed by atoms with Crippen LogP contribution in [0.25, 0.3) is 0 Å². The molecule has 1 aliphatic heterocycles. The molecule has 0 saturated carbocycles. The Hall–Kier alpha value is -1.16. The highest BCUT2D eigenvalue weighted by molar-refractivity contribution is 7.85. The Morgan fingerprint density at radius 2 is 2.14 bits per heavy atom. The van der Waals surface area contributed by atoms with E-state index >= 15 is 0 Å². The first-order valence-electron chi connectivity index (χ1n) is 4.47. The highest BCUT2D eigenvalue weighted by Crippen LogP contribution is 2.17. The first-order chi connectivity index (χ1) is 6.68.